The van der Waals surface area contributed by atoms with Gasteiger partial charge < -0.3 is 10.1 Å². The highest BCUT2D eigenvalue weighted by Crippen LogP contribution is 2.24. The molecule has 1 aromatic heterocycles. The van der Waals surface area contributed by atoms with Gasteiger partial charge in [0.25, 0.3) is 0 Å². The van der Waals surface area contributed by atoms with Crippen LogP contribution in [0.4, 0.5) is 0 Å². The van der Waals surface area contributed by atoms with Crippen LogP contribution in [0.2, 0.25) is 0 Å². The first-order valence-corrected chi connectivity index (χ1v) is 8.40. The Morgan fingerprint density at radius 2 is 2.00 bits per heavy atom. The normalized spacial score (nSPS) is 16.4. The maximum Gasteiger partial charge on any atom is 0.244 e. The third-order valence-electron chi connectivity index (χ3n) is 3.84. The van der Waals surface area contributed by atoms with Crippen LogP contribution in [0.5, 0.6) is 0 Å². The van der Waals surface area contributed by atoms with E-state index >= 15 is 0 Å². The SMILES string of the molecule is O=S(=O)(c1c[nH]c(CO)c1)N1CCCc2ccccc2C1. The molecule has 1 aliphatic rings. The van der Waals surface area contributed by atoms with Gasteiger partial charge in [0.2, 0.25) is 10.0 Å². The van der Waals surface area contributed by atoms with Crippen molar-refractivity contribution in [1.82, 2.24) is 9.29 Å². The molecule has 1 aromatic carbocycles. The van der Waals surface area contributed by atoms with Gasteiger partial charge in [-0.05, 0) is 30.0 Å². The van der Waals surface area contributed by atoms with Gasteiger partial charge in [0, 0.05) is 25.0 Å². The highest BCUT2D eigenvalue weighted by Gasteiger charge is 2.27. The van der Waals surface area contributed by atoms with Crippen LogP contribution < -0.4 is 0 Å². The fourth-order valence-corrected chi connectivity index (χ4v) is 4.16. The monoisotopic (exact) mass is 306 g/mol. The molecule has 0 radical (unpaired) electrons. The average molecular weight is 306 g/mol. The van der Waals surface area contributed by atoms with Gasteiger partial charge in [0.15, 0.2) is 0 Å². The van der Waals surface area contributed by atoms with Crippen molar-refractivity contribution < 1.29 is 13.5 Å². The molecule has 0 atom stereocenters. The van der Waals surface area contributed by atoms with Crippen LogP contribution in [0.15, 0.2) is 41.4 Å². The number of aryl methyl sites for hydroxylation is 1. The summed E-state index contributed by atoms with van der Waals surface area (Å²) in [7, 11) is -3.53. The number of aromatic amines is 1. The molecule has 2 aromatic rings. The summed E-state index contributed by atoms with van der Waals surface area (Å²) in [5, 5.41) is 9.06. The van der Waals surface area contributed by atoms with E-state index in [0.717, 1.165) is 18.4 Å². The Morgan fingerprint density at radius 3 is 2.71 bits per heavy atom. The third kappa shape index (κ3) is 2.74. The number of sulfonamides is 1. The largest absolute Gasteiger partial charge is 0.390 e. The fourth-order valence-electron chi connectivity index (χ4n) is 2.68. The van der Waals surface area contributed by atoms with E-state index in [-0.39, 0.29) is 11.5 Å². The van der Waals surface area contributed by atoms with E-state index in [9.17, 15) is 8.42 Å². The van der Waals surface area contributed by atoms with Gasteiger partial charge in [-0.2, -0.15) is 4.31 Å². The minimum absolute atomic E-state index is 0.196. The number of nitrogens with one attached hydrogen (secondary N) is 1. The predicted molar refractivity (Wildman–Crippen MR) is 79.1 cm³/mol. The first-order chi connectivity index (χ1) is 10.1. The van der Waals surface area contributed by atoms with Crippen LogP contribution in [0, 0.1) is 0 Å². The topological polar surface area (TPSA) is 73.4 Å². The van der Waals surface area contributed by atoms with Gasteiger partial charge in [0.1, 0.15) is 0 Å². The van der Waals surface area contributed by atoms with Crippen LogP contribution >= 0.6 is 0 Å². The van der Waals surface area contributed by atoms with Gasteiger partial charge in [-0.15, -0.1) is 0 Å². The zero-order chi connectivity index (χ0) is 14.9. The van der Waals surface area contributed by atoms with Crippen molar-refractivity contribution in [2.45, 2.75) is 30.9 Å². The van der Waals surface area contributed by atoms with E-state index in [0.29, 0.717) is 18.8 Å². The van der Waals surface area contributed by atoms with Gasteiger partial charge >= 0.3 is 0 Å². The minimum Gasteiger partial charge on any atom is -0.390 e. The molecule has 2 heterocycles. The van der Waals surface area contributed by atoms with Crippen LogP contribution in [0.3, 0.4) is 0 Å². The van der Waals surface area contributed by atoms with E-state index in [2.05, 4.69) is 11.1 Å². The van der Waals surface area contributed by atoms with Gasteiger partial charge in [-0.25, -0.2) is 8.42 Å². The van der Waals surface area contributed by atoms with Gasteiger partial charge in [-0.1, -0.05) is 24.3 Å². The standard InChI is InChI=1S/C15H18N2O3S/c18-11-14-8-15(9-16-14)21(19,20)17-7-3-6-12-4-1-2-5-13(12)10-17/h1-2,4-5,8-9,16,18H,3,6-7,10-11H2. The molecule has 0 bridgehead atoms. The number of fused-ring (bicyclic) bond motifs is 1. The summed E-state index contributed by atoms with van der Waals surface area (Å²) < 4.78 is 26.9. The predicted octanol–water partition coefficient (Wildman–Crippen LogP) is 1.64. The summed E-state index contributed by atoms with van der Waals surface area (Å²) in [6.45, 7) is 0.715. The highest BCUT2D eigenvalue weighted by atomic mass is 32.2. The Morgan fingerprint density at radius 1 is 1.24 bits per heavy atom. The summed E-state index contributed by atoms with van der Waals surface area (Å²) in [5.41, 5.74) is 2.79. The van der Waals surface area contributed by atoms with Crippen molar-refractivity contribution >= 4 is 10.0 Å². The Kier molecular flexibility index (Phi) is 3.84. The van der Waals surface area contributed by atoms with Crippen molar-refractivity contribution in [2.24, 2.45) is 0 Å². The number of rotatable bonds is 3. The van der Waals surface area contributed by atoms with Crippen molar-refractivity contribution in [3.05, 3.63) is 53.3 Å². The smallest absolute Gasteiger partial charge is 0.244 e. The van der Waals surface area contributed by atoms with E-state index in [1.54, 1.807) is 0 Å². The van der Waals surface area contributed by atoms with Gasteiger partial charge in [0.05, 0.1) is 11.5 Å². The average Bonchev–Trinajstić information content (AvgIpc) is 2.87. The zero-order valence-electron chi connectivity index (χ0n) is 11.6. The lowest BCUT2D eigenvalue weighted by molar-refractivity contribution is 0.277. The number of aliphatic hydroxyl groups is 1. The van der Waals surface area contributed by atoms with Crippen LogP contribution in [0.25, 0.3) is 0 Å². The third-order valence-corrected chi connectivity index (χ3v) is 5.67. The maximum absolute atomic E-state index is 12.7. The summed E-state index contributed by atoms with van der Waals surface area (Å²) in [5.74, 6) is 0. The molecule has 3 rings (SSSR count). The van der Waals surface area contributed by atoms with Crippen LogP contribution in [-0.4, -0.2) is 29.4 Å². The molecule has 0 aliphatic carbocycles. The van der Waals surface area contributed by atoms with Crippen molar-refractivity contribution in [2.75, 3.05) is 6.54 Å². The Bertz CT molecular complexity index is 737. The lowest BCUT2D eigenvalue weighted by Gasteiger charge is -2.19. The molecule has 6 heteroatoms. The number of hydrogen-bond acceptors (Lipinski definition) is 3. The summed E-state index contributed by atoms with van der Waals surface area (Å²) >= 11 is 0. The highest BCUT2D eigenvalue weighted by molar-refractivity contribution is 7.89. The Balaban J connectivity index is 1.92. The van der Waals surface area contributed by atoms with Crippen molar-refractivity contribution in [3.8, 4) is 0 Å². The minimum atomic E-state index is -3.53. The number of aliphatic hydroxyl groups excluding tert-OH is 1. The van der Waals surface area contributed by atoms with Crippen molar-refractivity contribution in [1.29, 1.82) is 0 Å². The number of benzene rings is 1. The Labute approximate surface area is 124 Å². The fraction of sp³-hybridized carbons (Fsp3) is 0.333. The van der Waals surface area contributed by atoms with Crippen LogP contribution in [0.1, 0.15) is 23.2 Å². The maximum atomic E-state index is 12.7. The quantitative estimate of drug-likeness (QED) is 0.905. The Hall–Kier alpha value is -1.63. The first kappa shape index (κ1) is 14.3. The first-order valence-electron chi connectivity index (χ1n) is 6.96. The number of nitrogens with zero attached hydrogens (tertiary/aromatic N) is 1. The summed E-state index contributed by atoms with van der Waals surface area (Å²) in [6, 6.07) is 9.47. The molecular formula is C15H18N2O3S. The molecule has 0 saturated carbocycles. The summed E-state index contributed by atoms with van der Waals surface area (Å²) in [6.07, 6.45) is 3.16. The molecule has 0 saturated heterocycles. The van der Waals surface area contributed by atoms with Crippen molar-refractivity contribution in [3.63, 3.8) is 0 Å². The molecule has 21 heavy (non-hydrogen) atoms. The number of aromatic nitrogens is 1. The molecule has 0 unspecified atom stereocenters. The number of hydrogen-bond donors (Lipinski definition) is 2. The molecule has 5 nitrogen and oxygen atoms in total. The molecular weight excluding hydrogens is 288 g/mol. The van der Waals surface area contributed by atoms with Gasteiger partial charge in [-0.3, -0.25) is 0 Å². The van der Waals surface area contributed by atoms with E-state index in [1.165, 1.54) is 22.1 Å². The molecule has 112 valence electrons. The lowest BCUT2D eigenvalue weighted by Crippen LogP contribution is -2.30. The lowest BCUT2D eigenvalue weighted by atomic mass is 10.0. The van der Waals surface area contributed by atoms with Crippen LogP contribution in [-0.2, 0) is 29.6 Å². The second-order valence-corrected chi connectivity index (χ2v) is 7.17. The molecule has 2 N–H and O–H groups in total. The van der Waals surface area contributed by atoms with E-state index < -0.39 is 10.0 Å². The molecule has 0 fully saturated rings. The number of H-pyrrole nitrogens is 1. The van der Waals surface area contributed by atoms with E-state index in [4.69, 9.17) is 5.11 Å². The van der Waals surface area contributed by atoms with E-state index in [1.807, 2.05) is 18.2 Å². The molecule has 0 spiro atoms. The summed E-state index contributed by atoms with van der Waals surface area (Å²) in [4.78, 5) is 2.99. The molecule has 0 amide bonds. The second kappa shape index (κ2) is 5.63. The second-order valence-electron chi connectivity index (χ2n) is 5.23. The zero-order valence-corrected chi connectivity index (χ0v) is 12.4. The molecule has 1 aliphatic heterocycles.